The highest BCUT2D eigenvalue weighted by atomic mass is 16.2. The lowest BCUT2D eigenvalue weighted by Gasteiger charge is -2.17. The van der Waals surface area contributed by atoms with Crippen LogP contribution in [0.2, 0.25) is 0 Å². The van der Waals surface area contributed by atoms with E-state index in [9.17, 15) is 9.59 Å². The van der Waals surface area contributed by atoms with Crippen molar-refractivity contribution in [2.75, 3.05) is 10.6 Å². The number of carbonyl (C=O) groups is 2. The molecule has 0 radical (unpaired) electrons. The van der Waals surface area contributed by atoms with Gasteiger partial charge in [-0.1, -0.05) is 39.0 Å². The van der Waals surface area contributed by atoms with Crippen LogP contribution in [0.15, 0.2) is 48.5 Å². The second-order valence-corrected chi connectivity index (χ2v) is 6.84. The smallest absolute Gasteiger partial charge is 0.258 e. The van der Waals surface area contributed by atoms with Crippen LogP contribution in [-0.4, -0.2) is 21.8 Å². The Morgan fingerprint density at radius 2 is 1.76 bits per heavy atom. The highest BCUT2D eigenvalue weighted by molar-refractivity contribution is 6.05. The third-order valence-electron chi connectivity index (χ3n) is 3.69. The third kappa shape index (κ3) is 3.85. The molecule has 2 amide bonds. The molecular formula is C19H20N4O2. The van der Waals surface area contributed by atoms with Gasteiger partial charge in [0.1, 0.15) is 0 Å². The molecule has 3 aromatic rings. The van der Waals surface area contributed by atoms with Gasteiger partial charge in [-0.2, -0.15) is 0 Å². The van der Waals surface area contributed by atoms with Crippen LogP contribution in [0.25, 0.3) is 11.0 Å². The summed E-state index contributed by atoms with van der Waals surface area (Å²) in [6.07, 6.45) is 0. The topological polar surface area (TPSA) is 86.9 Å². The molecule has 0 unspecified atom stereocenters. The number of anilines is 2. The normalized spacial score (nSPS) is 11.3. The zero-order chi connectivity index (χ0) is 18.0. The first-order valence-corrected chi connectivity index (χ1v) is 8.00. The van der Waals surface area contributed by atoms with Crippen molar-refractivity contribution in [3.63, 3.8) is 0 Å². The molecule has 3 N–H and O–H groups in total. The predicted octanol–water partition coefficient (Wildman–Crippen LogP) is 3.80. The molecule has 0 aliphatic rings. The van der Waals surface area contributed by atoms with E-state index in [0.717, 1.165) is 11.0 Å². The number of carbonyl (C=O) groups excluding carboxylic acids is 2. The number of benzene rings is 2. The Kier molecular flexibility index (Phi) is 4.27. The Bertz CT molecular complexity index is 905. The molecule has 0 saturated carbocycles. The summed E-state index contributed by atoms with van der Waals surface area (Å²) in [5.74, 6) is -0.0245. The summed E-state index contributed by atoms with van der Waals surface area (Å²) in [5.41, 5.74) is 2.14. The fourth-order valence-corrected chi connectivity index (χ4v) is 2.25. The summed E-state index contributed by atoms with van der Waals surface area (Å²) in [5, 5.41) is 5.56. The van der Waals surface area contributed by atoms with Gasteiger partial charge in [-0.05, 0) is 30.3 Å². The number of H-pyrrole nitrogens is 1. The predicted molar refractivity (Wildman–Crippen MR) is 98.6 cm³/mol. The van der Waals surface area contributed by atoms with Crippen LogP contribution in [0, 0.1) is 5.41 Å². The molecule has 0 fully saturated rings. The Morgan fingerprint density at radius 3 is 2.48 bits per heavy atom. The molecule has 3 rings (SSSR count). The number of hydrogen-bond acceptors (Lipinski definition) is 3. The summed E-state index contributed by atoms with van der Waals surface area (Å²) in [4.78, 5) is 31.9. The number of rotatable bonds is 3. The second-order valence-electron chi connectivity index (χ2n) is 6.84. The Hall–Kier alpha value is -3.15. The minimum Gasteiger partial charge on any atom is -0.326 e. The number of aromatic nitrogens is 2. The zero-order valence-electron chi connectivity index (χ0n) is 14.4. The molecule has 0 atom stereocenters. The number of para-hydroxylation sites is 2. The summed E-state index contributed by atoms with van der Waals surface area (Å²) in [6, 6.07) is 14.3. The second kappa shape index (κ2) is 6.39. The minimum atomic E-state index is -0.507. The Morgan fingerprint density at radius 1 is 1.00 bits per heavy atom. The standard InChI is InChI=1S/C19H20N4O2/c1-19(2,3)17(25)20-13-8-6-7-12(11-13)16(24)23-18-21-14-9-4-5-10-15(14)22-18/h4-11H,1-3H3,(H,20,25)(H2,21,22,23,24). The summed E-state index contributed by atoms with van der Waals surface area (Å²) in [7, 11) is 0. The number of aromatic amines is 1. The highest BCUT2D eigenvalue weighted by Gasteiger charge is 2.21. The van der Waals surface area contributed by atoms with Crippen molar-refractivity contribution in [2.45, 2.75) is 20.8 Å². The molecule has 0 saturated heterocycles. The Balaban J connectivity index is 1.76. The van der Waals surface area contributed by atoms with Crippen LogP contribution in [0.5, 0.6) is 0 Å². The molecule has 0 aliphatic carbocycles. The van der Waals surface area contributed by atoms with Crippen LogP contribution in [0.3, 0.4) is 0 Å². The largest absolute Gasteiger partial charge is 0.326 e. The maximum Gasteiger partial charge on any atom is 0.258 e. The van der Waals surface area contributed by atoms with Gasteiger partial charge in [0.2, 0.25) is 11.9 Å². The van der Waals surface area contributed by atoms with Gasteiger partial charge < -0.3 is 10.3 Å². The molecule has 0 spiro atoms. The van der Waals surface area contributed by atoms with Crippen LogP contribution < -0.4 is 10.6 Å². The van der Waals surface area contributed by atoms with E-state index in [4.69, 9.17) is 0 Å². The fourth-order valence-electron chi connectivity index (χ4n) is 2.25. The van der Waals surface area contributed by atoms with Gasteiger partial charge in [0.25, 0.3) is 5.91 Å². The van der Waals surface area contributed by atoms with Gasteiger partial charge in [-0.3, -0.25) is 14.9 Å². The zero-order valence-corrected chi connectivity index (χ0v) is 14.4. The van der Waals surface area contributed by atoms with Crippen LogP contribution >= 0.6 is 0 Å². The molecule has 1 aromatic heterocycles. The van der Waals surface area contributed by atoms with Crippen LogP contribution in [-0.2, 0) is 4.79 Å². The lowest BCUT2D eigenvalue weighted by Crippen LogP contribution is -2.27. The molecule has 6 heteroatoms. The lowest BCUT2D eigenvalue weighted by molar-refractivity contribution is -0.123. The van der Waals surface area contributed by atoms with E-state index in [1.54, 1.807) is 24.3 Å². The monoisotopic (exact) mass is 336 g/mol. The van der Waals surface area contributed by atoms with Gasteiger partial charge in [0, 0.05) is 16.7 Å². The van der Waals surface area contributed by atoms with E-state index in [0.29, 0.717) is 17.2 Å². The maximum absolute atomic E-state index is 12.4. The quantitative estimate of drug-likeness (QED) is 0.680. The van der Waals surface area contributed by atoms with Crippen molar-refractivity contribution < 1.29 is 9.59 Å². The number of imidazole rings is 1. The van der Waals surface area contributed by atoms with E-state index >= 15 is 0 Å². The Labute approximate surface area is 145 Å². The van der Waals surface area contributed by atoms with E-state index in [1.807, 2.05) is 45.0 Å². The van der Waals surface area contributed by atoms with E-state index in [1.165, 1.54) is 0 Å². The molecule has 6 nitrogen and oxygen atoms in total. The molecule has 2 aromatic carbocycles. The maximum atomic E-state index is 12.4. The summed E-state index contributed by atoms with van der Waals surface area (Å²) in [6.45, 7) is 5.50. The highest BCUT2D eigenvalue weighted by Crippen LogP contribution is 2.19. The van der Waals surface area contributed by atoms with Crippen molar-refractivity contribution in [2.24, 2.45) is 5.41 Å². The summed E-state index contributed by atoms with van der Waals surface area (Å²) < 4.78 is 0. The van der Waals surface area contributed by atoms with Crippen molar-refractivity contribution in [3.05, 3.63) is 54.1 Å². The molecular weight excluding hydrogens is 316 g/mol. The van der Waals surface area contributed by atoms with Gasteiger partial charge in [-0.15, -0.1) is 0 Å². The first kappa shape index (κ1) is 16.7. The first-order chi connectivity index (χ1) is 11.8. The average Bonchev–Trinajstić information content (AvgIpc) is 2.96. The number of fused-ring (bicyclic) bond motifs is 1. The van der Waals surface area contributed by atoms with E-state index < -0.39 is 5.41 Å². The number of nitrogens with zero attached hydrogens (tertiary/aromatic N) is 1. The summed E-state index contributed by atoms with van der Waals surface area (Å²) >= 11 is 0. The van der Waals surface area contributed by atoms with E-state index in [-0.39, 0.29) is 11.8 Å². The SMILES string of the molecule is CC(C)(C)C(=O)Nc1cccc(C(=O)Nc2nc3ccccc3[nH]2)c1. The number of hydrogen-bond donors (Lipinski definition) is 3. The fraction of sp³-hybridized carbons (Fsp3) is 0.211. The van der Waals surface area contributed by atoms with Crippen molar-refractivity contribution >= 4 is 34.5 Å². The first-order valence-electron chi connectivity index (χ1n) is 8.00. The lowest BCUT2D eigenvalue weighted by atomic mass is 9.95. The average molecular weight is 336 g/mol. The van der Waals surface area contributed by atoms with Crippen LogP contribution in [0.1, 0.15) is 31.1 Å². The van der Waals surface area contributed by atoms with Gasteiger partial charge in [0.15, 0.2) is 0 Å². The number of amides is 2. The van der Waals surface area contributed by atoms with E-state index in [2.05, 4.69) is 20.6 Å². The molecule has 0 aliphatic heterocycles. The number of nitrogens with one attached hydrogen (secondary N) is 3. The third-order valence-corrected chi connectivity index (χ3v) is 3.69. The molecule has 1 heterocycles. The van der Waals surface area contributed by atoms with Gasteiger partial charge in [-0.25, -0.2) is 4.98 Å². The van der Waals surface area contributed by atoms with Crippen molar-refractivity contribution in [1.29, 1.82) is 0 Å². The molecule has 25 heavy (non-hydrogen) atoms. The molecule has 128 valence electrons. The van der Waals surface area contributed by atoms with Crippen molar-refractivity contribution in [1.82, 2.24) is 9.97 Å². The van der Waals surface area contributed by atoms with Gasteiger partial charge >= 0.3 is 0 Å². The minimum absolute atomic E-state index is 0.109. The van der Waals surface area contributed by atoms with Crippen LogP contribution in [0.4, 0.5) is 11.6 Å². The van der Waals surface area contributed by atoms with Crippen molar-refractivity contribution in [3.8, 4) is 0 Å². The molecule has 0 bridgehead atoms. The van der Waals surface area contributed by atoms with Gasteiger partial charge in [0.05, 0.1) is 11.0 Å².